The summed E-state index contributed by atoms with van der Waals surface area (Å²) in [6.07, 6.45) is 1.43. The van der Waals surface area contributed by atoms with E-state index < -0.39 is 52.7 Å². The average Bonchev–Trinajstić information content (AvgIpc) is 4.00. The molecule has 0 aliphatic heterocycles. The van der Waals surface area contributed by atoms with Gasteiger partial charge in [-0.2, -0.15) is 19.3 Å². The molecule has 0 unspecified atom stereocenters. The number of nitriles is 2. The zero-order chi connectivity index (χ0) is 40.2. The van der Waals surface area contributed by atoms with Crippen molar-refractivity contribution in [3.8, 4) is 17.9 Å². The van der Waals surface area contributed by atoms with Gasteiger partial charge in [-0.1, -0.05) is 38.1 Å². The van der Waals surface area contributed by atoms with Crippen LogP contribution >= 0.6 is 0 Å². The van der Waals surface area contributed by atoms with Gasteiger partial charge >= 0.3 is 18.8 Å². The van der Waals surface area contributed by atoms with E-state index in [0.717, 1.165) is 6.07 Å². The predicted molar refractivity (Wildman–Crippen MR) is 190 cm³/mol. The Kier molecular flexibility index (Phi) is 15.4. The van der Waals surface area contributed by atoms with Crippen LogP contribution in [0, 0.1) is 28.5 Å². The Balaban J connectivity index is 0.000000353. The van der Waals surface area contributed by atoms with Gasteiger partial charge in [0, 0.05) is 11.1 Å². The third kappa shape index (κ3) is 13.8. The molecule has 53 heavy (non-hydrogen) atoms. The molecule has 0 heterocycles. The fraction of sp³-hybridized carbons (Fsp3) is 0.538. The van der Waals surface area contributed by atoms with E-state index in [1.165, 1.54) is 52.3 Å². The standard InChI is InChI=1S/C19H22F2N2O4.C18H21FN2O3.C2H6/c1-18(2,3)27-17(25)23(19(7-8-19)9-10-22)12-15(24)13-5-4-6-14(11-13)26-16(20)21;1-17(2,3)24-16(23)21(18(7-8-18)9-10-20)12-15(22)13-5-4-6-14(19)11-13;1-2/h4-6,11,16H,7-9,12H2,1-3H3;4-6,11H,7-9,12H2,1-3H3;1-2H3. The molecule has 2 aliphatic rings. The van der Waals surface area contributed by atoms with Gasteiger partial charge in [0.15, 0.2) is 11.6 Å². The maximum atomic E-state index is 13.3. The quantitative estimate of drug-likeness (QED) is 0.194. The van der Waals surface area contributed by atoms with E-state index in [2.05, 4.69) is 10.8 Å². The molecule has 0 radical (unpaired) electrons. The molecule has 0 atom stereocenters. The molecule has 2 aromatic rings. The van der Waals surface area contributed by atoms with Crippen molar-refractivity contribution in [3.05, 3.63) is 65.5 Å². The first-order chi connectivity index (χ1) is 24.7. The van der Waals surface area contributed by atoms with E-state index in [9.17, 15) is 32.3 Å². The molecular formula is C39H49F3N4O7. The molecule has 288 valence electrons. The molecular weight excluding hydrogens is 693 g/mol. The van der Waals surface area contributed by atoms with E-state index in [-0.39, 0.29) is 48.6 Å². The monoisotopic (exact) mass is 742 g/mol. The maximum Gasteiger partial charge on any atom is 0.411 e. The predicted octanol–water partition coefficient (Wildman–Crippen LogP) is 8.87. The van der Waals surface area contributed by atoms with E-state index in [1.807, 2.05) is 19.9 Å². The summed E-state index contributed by atoms with van der Waals surface area (Å²) in [5.74, 6) is -1.49. The van der Waals surface area contributed by atoms with Crippen LogP contribution in [0.3, 0.4) is 0 Å². The van der Waals surface area contributed by atoms with Crippen molar-refractivity contribution >= 4 is 23.8 Å². The number of rotatable bonds is 12. The SMILES string of the molecule is CC.CC(C)(C)OC(=O)N(CC(=O)c1cccc(F)c1)C1(CC#N)CC1.CC(C)(C)OC(=O)N(CC(=O)c1cccc(OC(F)F)c1)C1(CC#N)CC1. The molecule has 2 amide bonds. The molecule has 0 bridgehead atoms. The fourth-order valence-electron chi connectivity index (χ4n) is 5.13. The van der Waals surface area contributed by atoms with Gasteiger partial charge in [0.25, 0.3) is 0 Å². The Bertz CT molecular complexity index is 1680. The molecule has 4 rings (SSSR count). The highest BCUT2D eigenvalue weighted by Crippen LogP contribution is 2.46. The number of amides is 2. The smallest absolute Gasteiger partial charge is 0.411 e. The van der Waals surface area contributed by atoms with Crippen molar-refractivity contribution < 1.29 is 46.6 Å². The Hall–Kier alpha value is -5.11. The lowest BCUT2D eigenvalue weighted by Crippen LogP contribution is -2.47. The summed E-state index contributed by atoms with van der Waals surface area (Å²) in [6, 6.07) is 14.8. The minimum Gasteiger partial charge on any atom is -0.444 e. The topological polar surface area (TPSA) is 150 Å². The number of benzene rings is 2. The molecule has 11 nitrogen and oxygen atoms in total. The van der Waals surface area contributed by atoms with Crippen molar-refractivity contribution in [2.45, 2.75) is 123 Å². The van der Waals surface area contributed by atoms with Crippen LogP contribution < -0.4 is 4.74 Å². The first-order valence-corrected chi connectivity index (χ1v) is 17.4. The molecule has 2 aromatic carbocycles. The second-order valence-electron chi connectivity index (χ2n) is 14.5. The second kappa shape index (κ2) is 18.6. The first-order valence-electron chi connectivity index (χ1n) is 17.4. The molecule has 14 heteroatoms. The number of hydrogen-bond donors (Lipinski definition) is 0. The van der Waals surface area contributed by atoms with Crippen molar-refractivity contribution in [2.24, 2.45) is 0 Å². The minimum absolute atomic E-state index is 0.0913. The highest BCUT2D eigenvalue weighted by Gasteiger charge is 2.53. The highest BCUT2D eigenvalue weighted by atomic mass is 19.3. The van der Waals surface area contributed by atoms with E-state index in [0.29, 0.717) is 25.7 Å². The summed E-state index contributed by atoms with van der Waals surface area (Å²) in [4.78, 5) is 52.9. The average molecular weight is 743 g/mol. The van der Waals surface area contributed by atoms with Crippen molar-refractivity contribution in [1.29, 1.82) is 10.5 Å². The fourth-order valence-corrected chi connectivity index (χ4v) is 5.13. The van der Waals surface area contributed by atoms with Gasteiger partial charge in [-0.15, -0.1) is 0 Å². The van der Waals surface area contributed by atoms with E-state index in [1.54, 1.807) is 41.5 Å². The third-order valence-electron chi connectivity index (χ3n) is 7.97. The van der Waals surface area contributed by atoms with Gasteiger partial charge in [-0.3, -0.25) is 19.4 Å². The summed E-state index contributed by atoms with van der Waals surface area (Å²) >= 11 is 0. The van der Waals surface area contributed by atoms with E-state index in [4.69, 9.17) is 20.0 Å². The Morgan fingerprint density at radius 2 is 1.13 bits per heavy atom. The van der Waals surface area contributed by atoms with Crippen molar-refractivity contribution in [1.82, 2.24) is 9.80 Å². The van der Waals surface area contributed by atoms with Crippen LogP contribution in [0.2, 0.25) is 0 Å². The lowest BCUT2D eigenvalue weighted by molar-refractivity contribution is -0.0499. The van der Waals surface area contributed by atoms with Crippen LogP contribution in [0.15, 0.2) is 48.5 Å². The van der Waals surface area contributed by atoms with Crippen molar-refractivity contribution in [3.63, 3.8) is 0 Å². The van der Waals surface area contributed by atoms with Crippen LogP contribution in [0.25, 0.3) is 0 Å². The largest absolute Gasteiger partial charge is 0.444 e. The van der Waals surface area contributed by atoms with Crippen molar-refractivity contribution in [2.75, 3.05) is 13.1 Å². The first kappa shape index (κ1) is 44.1. The lowest BCUT2D eigenvalue weighted by atomic mass is 10.1. The van der Waals surface area contributed by atoms with E-state index >= 15 is 0 Å². The summed E-state index contributed by atoms with van der Waals surface area (Å²) in [5, 5.41) is 18.1. The van der Waals surface area contributed by atoms with Gasteiger partial charge in [0.2, 0.25) is 0 Å². The number of hydrogen-bond acceptors (Lipinski definition) is 9. The minimum atomic E-state index is -3.00. The Morgan fingerprint density at radius 1 is 0.736 bits per heavy atom. The number of halogens is 3. The third-order valence-corrected chi connectivity index (χ3v) is 7.97. The second-order valence-corrected chi connectivity index (χ2v) is 14.5. The van der Waals surface area contributed by atoms with Gasteiger partial charge in [-0.25, -0.2) is 14.0 Å². The van der Waals surface area contributed by atoms with Crippen LogP contribution in [0.5, 0.6) is 5.75 Å². The zero-order valence-electron chi connectivity index (χ0n) is 31.6. The van der Waals surface area contributed by atoms with Crippen LogP contribution in [-0.4, -0.2) is 75.5 Å². The van der Waals surface area contributed by atoms with Gasteiger partial charge < -0.3 is 14.2 Å². The van der Waals surface area contributed by atoms with Gasteiger partial charge in [-0.05, 0) is 91.5 Å². The molecule has 0 spiro atoms. The molecule has 0 saturated heterocycles. The molecule has 2 saturated carbocycles. The number of ketones is 2. The number of carbonyl (C=O) groups excluding carboxylic acids is 4. The molecule has 2 fully saturated rings. The molecule has 2 aliphatic carbocycles. The van der Waals surface area contributed by atoms with Crippen LogP contribution in [0.4, 0.5) is 22.8 Å². The number of nitrogens with zero attached hydrogens (tertiary/aromatic N) is 4. The molecule has 0 aromatic heterocycles. The number of carbonyl (C=O) groups is 4. The zero-order valence-corrected chi connectivity index (χ0v) is 31.6. The summed E-state index contributed by atoms with van der Waals surface area (Å²) in [5.41, 5.74) is -2.51. The number of alkyl halides is 2. The summed E-state index contributed by atoms with van der Waals surface area (Å²) in [7, 11) is 0. The number of ether oxygens (including phenoxy) is 3. The summed E-state index contributed by atoms with van der Waals surface area (Å²) < 4.78 is 53.1. The Morgan fingerprint density at radius 3 is 1.47 bits per heavy atom. The highest BCUT2D eigenvalue weighted by molar-refractivity contribution is 6.00. The Labute approximate surface area is 309 Å². The van der Waals surface area contributed by atoms with Gasteiger partial charge in [0.05, 0.1) is 49.1 Å². The summed E-state index contributed by atoms with van der Waals surface area (Å²) in [6.45, 7) is 10.8. The van der Waals surface area contributed by atoms with Gasteiger partial charge in [0.1, 0.15) is 22.8 Å². The van der Waals surface area contributed by atoms with Crippen LogP contribution in [-0.2, 0) is 9.47 Å². The number of Topliss-reactive ketones (excluding diaryl/α,β-unsaturated/α-hetero) is 2. The maximum absolute atomic E-state index is 13.3. The lowest BCUT2D eigenvalue weighted by Gasteiger charge is -2.32. The molecule has 0 N–H and O–H groups in total. The normalized spacial score (nSPS) is 14.7. The van der Waals surface area contributed by atoms with Crippen LogP contribution in [0.1, 0.15) is 115 Å².